The molecule has 1 aromatic heterocycles. The molecule has 0 saturated heterocycles. The maximum Gasteiger partial charge on any atom is 0.358 e. The molecule has 100 valence electrons. The van der Waals surface area contributed by atoms with E-state index in [1.165, 1.54) is 6.07 Å². The molecule has 2 aromatic rings. The number of carboxylic acid groups (broad SMARTS) is 1. The van der Waals surface area contributed by atoms with Crippen LogP contribution in [0.4, 0.5) is 0 Å². The van der Waals surface area contributed by atoms with Crippen molar-refractivity contribution in [2.75, 3.05) is 0 Å². The number of nitrogens with zero attached hydrogens (tertiary/aromatic N) is 1. The first-order chi connectivity index (χ1) is 8.90. The van der Waals surface area contributed by atoms with Gasteiger partial charge in [-0.25, -0.2) is 13.2 Å². The van der Waals surface area contributed by atoms with Crippen LogP contribution in [0.5, 0.6) is 0 Å². The molecular weight excluding hydrogens is 338 g/mol. The molecule has 1 aromatic carbocycles. The van der Waals surface area contributed by atoms with Crippen LogP contribution >= 0.6 is 15.9 Å². The quantitative estimate of drug-likeness (QED) is 0.911. The third-order valence-corrected chi connectivity index (χ3v) is 4.93. The van der Waals surface area contributed by atoms with E-state index in [1.54, 1.807) is 18.2 Å². The summed E-state index contributed by atoms with van der Waals surface area (Å²) in [5.41, 5.74) is -0.322. The molecule has 1 heterocycles. The Balaban J connectivity index is 2.31. The SMILES string of the molecule is O=C(O)c1cc(CS(=O)(=O)c2ccccc2Br)on1. The highest BCUT2D eigenvalue weighted by molar-refractivity contribution is 9.10. The molecule has 0 aliphatic carbocycles. The number of hydrogen-bond donors (Lipinski definition) is 1. The van der Waals surface area contributed by atoms with Gasteiger partial charge in [0.2, 0.25) is 0 Å². The number of carboxylic acids is 1. The number of benzene rings is 1. The van der Waals surface area contributed by atoms with Crippen molar-refractivity contribution in [3.63, 3.8) is 0 Å². The number of rotatable bonds is 4. The number of carbonyl (C=O) groups is 1. The number of sulfone groups is 1. The van der Waals surface area contributed by atoms with Gasteiger partial charge >= 0.3 is 5.97 Å². The topological polar surface area (TPSA) is 97.5 Å². The maximum atomic E-state index is 12.1. The standard InChI is InChI=1S/C11H8BrNO5S/c12-8-3-1-2-4-10(8)19(16,17)6-7-5-9(11(14)15)13-18-7/h1-5H,6H2,(H,14,15). The summed E-state index contributed by atoms with van der Waals surface area (Å²) in [5.74, 6) is -1.74. The van der Waals surface area contributed by atoms with Crippen LogP contribution in [0.3, 0.4) is 0 Å². The summed E-state index contributed by atoms with van der Waals surface area (Å²) < 4.78 is 29.4. The fourth-order valence-corrected chi connectivity index (χ4v) is 3.79. The van der Waals surface area contributed by atoms with Crippen LogP contribution in [0.1, 0.15) is 16.2 Å². The minimum atomic E-state index is -3.63. The summed E-state index contributed by atoms with van der Waals surface area (Å²) in [7, 11) is -3.63. The Morgan fingerprint density at radius 3 is 2.63 bits per heavy atom. The van der Waals surface area contributed by atoms with E-state index in [2.05, 4.69) is 21.1 Å². The Morgan fingerprint density at radius 1 is 1.37 bits per heavy atom. The van der Waals surface area contributed by atoms with Gasteiger partial charge in [-0.15, -0.1) is 0 Å². The molecule has 8 heteroatoms. The second-order valence-corrected chi connectivity index (χ2v) is 6.49. The third-order valence-electron chi connectivity index (χ3n) is 2.28. The Morgan fingerprint density at radius 2 is 2.05 bits per heavy atom. The molecule has 0 fully saturated rings. The smallest absolute Gasteiger partial charge is 0.358 e. The molecule has 6 nitrogen and oxygen atoms in total. The molecule has 0 bridgehead atoms. The highest BCUT2D eigenvalue weighted by atomic mass is 79.9. The predicted octanol–water partition coefficient (Wildman–Crippen LogP) is 2.11. The third kappa shape index (κ3) is 3.02. The summed E-state index contributed by atoms with van der Waals surface area (Å²) in [5, 5.41) is 11.9. The van der Waals surface area contributed by atoms with E-state index in [9.17, 15) is 13.2 Å². The Hall–Kier alpha value is -1.67. The van der Waals surface area contributed by atoms with Gasteiger partial charge < -0.3 is 9.63 Å². The summed E-state index contributed by atoms with van der Waals surface area (Å²) >= 11 is 3.15. The maximum absolute atomic E-state index is 12.1. The van der Waals surface area contributed by atoms with E-state index in [1.807, 2.05) is 0 Å². The van der Waals surface area contributed by atoms with Crippen LogP contribution in [-0.2, 0) is 15.6 Å². The molecule has 0 atom stereocenters. The molecule has 1 N–H and O–H groups in total. The molecule has 2 rings (SSSR count). The lowest BCUT2D eigenvalue weighted by atomic mass is 10.4. The van der Waals surface area contributed by atoms with E-state index in [-0.39, 0.29) is 16.3 Å². The van der Waals surface area contributed by atoms with Gasteiger partial charge in [-0.05, 0) is 28.1 Å². The zero-order valence-electron chi connectivity index (χ0n) is 9.41. The second-order valence-electron chi connectivity index (χ2n) is 3.67. The highest BCUT2D eigenvalue weighted by Gasteiger charge is 2.21. The average molecular weight is 346 g/mol. The van der Waals surface area contributed by atoms with Crippen LogP contribution in [-0.4, -0.2) is 24.7 Å². The van der Waals surface area contributed by atoms with Gasteiger partial charge in [-0.3, -0.25) is 0 Å². The summed E-state index contributed by atoms with van der Waals surface area (Å²) in [6, 6.07) is 7.45. The molecule has 0 amide bonds. The van der Waals surface area contributed by atoms with Gasteiger partial charge in [0.15, 0.2) is 21.3 Å². The summed E-state index contributed by atoms with van der Waals surface area (Å²) in [6.07, 6.45) is 0. The predicted molar refractivity (Wildman–Crippen MR) is 68.5 cm³/mol. The van der Waals surface area contributed by atoms with Crippen molar-refractivity contribution in [3.8, 4) is 0 Å². The summed E-state index contributed by atoms with van der Waals surface area (Å²) in [4.78, 5) is 10.7. The van der Waals surface area contributed by atoms with Crippen molar-refractivity contribution in [1.82, 2.24) is 5.16 Å². The van der Waals surface area contributed by atoms with E-state index in [0.717, 1.165) is 6.07 Å². The van der Waals surface area contributed by atoms with E-state index in [4.69, 9.17) is 9.63 Å². The number of hydrogen-bond acceptors (Lipinski definition) is 5. The van der Waals surface area contributed by atoms with Crippen LogP contribution in [0.2, 0.25) is 0 Å². The molecule has 0 radical (unpaired) electrons. The zero-order valence-corrected chi connectivity index (χ0v) is 11.8. The van der Waals surface area contributed by atoms with Crippen molar-refractivity contribution in [1.29, 1.82) is 0 Å². The monoisotopic (exact) mass is 345 g/mol. The number of aromatic carboxylic acids is 1. The van der Waals surface area contributed by atoms with Crippen molar-refractivity contribution in [2.45, 2.75) is 10.6 Å². The molecule has 0 unspecified atom stereocenters. The van der Waals surface area contributed by atoms with Crippen molar-refractivity contribution in [3.05, 3.63) is 46.3 Å². The first-order valence-electron chi connectivity index (χ1n) is 5.06. The fraction of sp³-hybridized carbons (Fsp3) is 0.0909. The van der Waals surface area contributed by atoms with E-state index in [0.29, 0.717) is 4.47 Å². The molecular formula is C11H8BrNO5S. The molecule has 0 aliphatic rings. The largest absolute Gasteiger partial charge is 0.476 e. The van der Waals surface area contributed by atoms with Gasteiger partial charge in [0.05, 0.1) is 4.90 Å². The fourth-order valence-electron chi connectivity index (χ4n) is 1.44. The van der Waals surface area contributed by atoms with Gasteiger partial charge in [0.25, 0.3) is 0 Å². The Bertz CT molecular complexity index is 722. The van der Waals surface area contributed by atoms with Crippen molar-refractivity contribution < 1.29 is 22.8 Å². The number of halogens is 1. The normalized spacial score (nSPS) is 11.4. The van der Waals surface area contributed by atoms with E-state index < -0.39 is 21.6 Å². The van der Waals surface area contributed by atoms with Crippen molar-refractivity contribution >= 4 is 31.7 Å². The minimum Gasteiger partial charge on any atom is -0.476 e. The first-order valence-corrected chi connectivity index (χ1v) is 7.51. The lowest BCUT2D eigenvalue weighted by Gasteiger charge is -2.03. The lowest BCUT2D eigenvalue weighted by molar-refractivity contribution is 0.0685. The van der Waals surface area contributed by atoms with Crippen LogP contribution in [0.15, 0.2) is 44.2 Å². The van der Waals surface area contributed by atoms with Gasteiger partial charge in [-0.1, -0.05) is 17.3 Å². The Labute approximate surface area is 117 Å². The van der Waals surface area contributed by atoms with Crippen LogP contribution in [0.25, 0.3) is 0 Å². The Kier molecular flexibility index (Phi) is 3.72. The second kappa shape index (κ2) is 5.14. The van der Waals surface area contributed by atoms with Gasteiger partial charge in [-0.2, -0.15) is 0 Å². The first kappa shape index (κ1) is 13.8. The highest BCUT2D eigenvalue weighted by Crippen LogP contribution is 2.24. The molecule has 0 aliphatic heterocycles. The molecule has 0 spiro atoms. The van der Waals surface area contributed by atoms with E-state index >= 15 is 0 Å². The van der Waals surface area contributed by atoms with Crippen LogP contribution in [0, 0.1) is 0 Å². The molecule has 0 saturated carbocycles. The lowest BCUT2D eigenvalue weighted by Crippen LogP contribution is -2.05. The zero-order chi connectivity index (χ0) is 14.0. The average Bonchev–Trinajstić information content (AvgIpc) is 2.77. The van der Waals surface area contributed by atoms with Crippen molar-refractivity contribution in [2.24, 2.45) is 0 Å². The molecule has 19 heavy (non-hydrogen) atoms. The van der Waals surface area contributed by atoms with Gasteiger partial charge in [0, 0.05) is 10.5 Å². The number of aromatic nitrogens is 1. The summed E-state index contributed by atoms with van der Waals surface area (Å²) in [6.45, 7) is 0. The van der Waals surface area contributed by atoms with Crippen LogP contribution < -0.4 is 0 Å². The van der Waals surface area contributed by atoms with Gasteiger partial charge in [0.1, 0.15) is 5.75 Å². The minimum absolute atomic E-state index is 0.0202.